The highest BCUT2D eigenvalue weighted by atomic mass is 79.9. The molecule has 0 saturated carbocycles. The first kappa shape index (κ1) is 13.0. The number of fused-ring (bicyclic) bond motifs is 3. The second-order valence-corrected chi connectivity index (χ2v) is 8.25. The van der Waals surface area contributed by atoms with Gasteiger partial charge in [0.2, 0.25) is 0 Å². The number of thiophene rings is 1. The van der Waals surface area contributed by atoms with Gasteiger partial charge in [-0.05, 0) is 38.2 Å². The van der Waals surface area contributed by atoms with E-state index in [9.17, 15) is 0 Å². The highest BCUT2D eigenvalue weighted by Gasteiger charge is 2.41. The highest BCUT2D eigenvalue weighted by Crippen LogP contribution is 2.43. The Morgan fingerprint density at radius 2 is 2.05 bits per heavy atom. The van der Waals surface area contributed by atoms with Gasteiger partial charge in [0.1, 0.15) is 17.0 Å². The van der Waals surface area contributed by atoms with Crippen molar-refractivity contribution in [3.8, 4) is 0 Å². The summed E-state index contributed by atoms with van der Waals surface area (Å²) < 4.78 is 0. The molecular weight excluding hydrogens is 334 g/mol. The Balaban J connectivity index is 1.80. The molecule has 4 heterocycles. The summed E-state index contributed by atoms with van der Waals surface area (Å²) in [4.78, 5) is 14.9. The maximum Gasteiger partial charge on any atom is 0.141 e. The zero-order valence-electron chi connectivity index (χ0n) is 11.6. The maximum atomic E-state index is 4.65. The van der Waals surface area contributed by atoms with Crippen molar-refractivity contribution < 1.29 is 0 Å². The molecule has 20 heavy (non-hydrogen) atoms. The molecule has 0 aromatic carbocycles. The van der Waals surface area contributed by atoms with Gasteiger partial charge in [-0.15, -0.1) is 11.3 Å². The molecule has 5 heteroatoms. The van der Waals surface area contributed by atoms with E-state index in [2.05, 4.69) is 43.8 Å². The SMILES string of the molecule is CCc1cc2c(N3C4CCC3CC(Br)C4)ncnc2s1. The Morgan fingerprint density at radius 1 is 1.30 bits per heavy atom. The van der Waals surface area contributed by atoms with Crippen LogP contribution >= 0.6 is 27.3 Å². The molecule has 2 atom stereocenters. The topological polar surface area (TPSA) is 29.0 Å². The third-order valence-corrected chi connectivity index (χ3v) is 6.56. The predicted octanol–water partition coefficient (Wildman–Crippen LogP) is 4.15. The fourth-order valence-electron chi connectivity index (χ4n) is 3.73. The molecule has 2 aliphatic rings. The fraction of sp³-hybridized carbons (Fsp3) is 0.600. The van der Waals surface area contributed by atoms with Crippen LogP contribution in [-0.4, -0.2) is 26.9 Å². The first-order chi connectivity index (χ1) is 9.76. The van der Waals surface area contributed by atoms with Crippen LogP contribution < -0.4 is 4.90 Å². The predicted molar refractivity (Wildman–Crippen MR) is 88.0 cm³/mol. The highest BCUT2D eigenvalue weighted by molar-refractivity contribution is 9.09. The lowest BCUT2D eigenvalue weighted by Crippen LogP contribution is -2.43. The molecule has 0 spiro atoms. The van der Waals surface area contributed by atoms with Gasteiger partial charge in [0.25, 0.3) is 0 Å². The summed E-state index contributed by atoms with van der Waals surface area (Å²) >= 11 is 5.63. The van der Waals surface area contributed by atoms with Crippen LogP contribution in [0.15, 0.2) is 12.4 Å². The van der Waals surface area contributed by atoms with E-state index in [-0.39, 0.29) is 0 Å². The van der Waals surface area contributed by atoms with Crippen molar-refractivity contribution in [1.82, 2.24) is 9.97 Å². The van der Waals surface area contributed by atoms with Crippen LogP contribution in [0, 0.1) is 0 Å². The monoisotopic (exact) mass is 351 g/mol. The molecule has 2 aliphatic heterocycles. The lowest BCUT2D eigenvalue weighted by Gasteiger charge is -2.38. The molecule has 2 bridgehead atoms. The average Bonchev–Trinajstić information content (AvgIpc) is 2.98. The minimum atomic E-state index is 0.654. The van der Waals surface area contributed by atoms with Crippen molar-refractivity contribution in [2.45, 2.75) is 55.9 Å². The van der Waals surface area contributed by atoms with Crippen LogP contribution in [0.25, 0.3) is 10.2 Å². The van der Waals surface area contributed by atoms with Crippen LogP contribution in [0.2, 0.25) is 0 Å². The van der Waals surface area contributed by atoms with Crippen molar-refractivity contribution in [1.29, 1.82) is 0 Å². The fourth-order valence-corrected chi connectivity index (χ4v) is 5.52. The van der Waals surface area contributed by atoms with E-state index in [4.69, 9.17) is 0 Å². The number of piperidine rings is 1. The summed E-state index contributed by atoms with van der Waals surface area (Å²) in [6.07, 6.45) is 7.93. The molecule has 2 unspecified atom stereocenters. The Hall–Kier alpha value is -0.680. The molecular formula is C15H18BrN3S. The first-order valence-corrected chi connectivity index (χ1v) is 9.15. The van der Waals surface area contributed by atoms with Crippen molar-refractivity contribution in [3.63, 3.8) is 0 Å². The number of alkyl halides is 1. The maximum absolute atomic E-state index is 4.65. The van der Waals surface area contributed by atoms with Crippen molar-refractivity contribution in [3.05, 3.63) is 17.3 Å². The molecule has 4 rings (SSSR count). The molecule has 0 amide bonds. The Kier molecular flexibility index (Phi) is 3.22. The van der Waals surface area contributed by atoms with E-state index in [1.165, 1.54) is 41.8 Å². The number of hydrogen-bond donors (Lipinski definition) is 0. The van der Waals surface area contributed by atoms with Gasteiger partial charge < -0.3 is 4.90 Å². The van der Waals surface area contributed by atoms with E-state index in [1.807, 2.05) is 11.3 Å². The van der Waals surface area contributed by atoms with Gasteiger partial charge in [-0.25, -0.2) is 9.97 Å². The van der Waals surface area contributed by atoms with Crippen LogP contribution in [0.4, 0.5) is 5.82 Å². The second kappa shape index (κ2) is 4.95. The molecule has 0 radical (unpaired) electrons. The van der Waals surface area contributed by atoms with Gasteiger partial charge in [0, 0.05) is 21.8 Å². The van der Waals surface area contributed by atoms with Crippen molar-refractivity contribution in [2.24, 2.45) is 0 Å². The lowest BCUT2D eigenvalue weighted by molar-refractivity contribution is 0.480. The summed E-state index contributed by atoms with van der Waals surface area (Å²) in [5.74, 6) is 1.18. The van der Waals surface area contributed by atoms with Gasteiger partial charge in [-0.2, -0.15) is 0 Å². The number of hydrogen-bond acceptors (Lipinski definition) is 4. The first-order valence-electron chi connectivity index (χ1n) is 7.42. The Labute approximate surface area is 131 Å². The van der Waals surface area contributed by atoms with Gasteiger partial charge in [0.15, 0.2) is 0 Å². The van der Waals surface area contributed by atoms with Crippen LogP contribution in [-0.2, 0) is 6.42 Å². The standard InChI is InChI=1S/C15H18BrN3S/c1-2-12-7-13-14(17-8-18-15(13)20-12)19-10-3-4-11(19)6-9(16)5-10/h7-11H,2-6H2,1H3. The molecule has 2 saturated heterocycles. The van der Waals surface area contributed by atoms with E-state index in [0.29, 0.717) is 16.9 Å². The van der Waals surface area contributed by atoms with Crippen molar-refractivity contribution in [2.75, 3.05) is 4.90 Å². The summed E-state index contributed by atoms with van der Waals surface area (Å²) in [7, 11) is 0. The third-order valence-electron chi connectivity index (χ3n) is 4.63. The molecule has 3 nitrogen and oxygen atoms in total. The summed E-state index contributed by atoms with van der Waals surface area (Å²) in [6, 6.07) is 3.61. The molecule has 2 aromatic heterocycles. The quantitative estimate of drug-likeness (QED) is 0.761. The minimum absolute atomic E-state index is 0.654. The summed E-state index contributed by atoms with van der Waals surface area (Å²) in [5.41, 5.74) is 0. The van der Waals surface area contributed by atoms with Gasteiger partial charge in [-0.3, -0.25) is 0 Å². The van der Waals surface area contributed by atoms with E-state index in [1.54, 1.807) is 6.33 Å². The van der Waals surface area contributed by atoms with Crippen LogP contribution in [0.5, 0.6) is 0 Å². The number of rotatable bonds is 2. The lowest BCUT2D eigenvalue weighted by atomic mass is 10.0. The minimum Gasteiger partial charge on any atom is -0.350 e. The zero-order chi connectivity index (χ0) is 13.7. The number of halogens is 1. The smallest absolute Gasteiger partial charge is 0.141 e. The number of aryl methyl sites for hydroxylation is 1. The Bertz CT molecular complexity index is 627. The normalized spacial score (nSPS) is 29.3. The van der Waals surface area contributed by atoms with E-state index in [0.717, 1.165) is 11.3 Å². The molecule has 2 fully saturated rings. The van der Waals surface area contributed by atoms with Crippen LogP contribution in [0.1, 0.15) is 37.5 Å². The Morgan fingerprint density at radius 3 is 2.75 bits per heavy atom. The third kappa shape index (κ3) is 1.98. The molecule has 106 valence electrons. The molecule has 0 aliphatic carbocycles. The zero-order valence-corrected chi connectivity index (χ0v) is 14.0. The number of anilines is 1. The molecule has 2 aromatic rings. The largest absolute Gasteiger partial charge is 0.350 e. The number of nitrogens with zero attached hydrogens (tertiary/aromatic N) is 3. The van der Waals surface area contributed by atoms with Crippen molar-refractivity contribution >= 4 is 43.3 Å². The average molecular weight is 352 g/mol. The van der Waals surface area contributed by atoms with Crippen LogP contribution in [0.3, 0.4) is 0 Å². The number of aromatic nitrogens is 2. The molecule has 0 N–H and O–H groups in total. The second-order valence-electron chi connectivity index (χ2n) is 5.84. The van der Waals surface area contributed by atoms with E-state index < -0.39 is 0 Å². The summed E-state index contributed by atoms with van der Waals surface area (Å²) in [5, 5.41) is 1.26. The van der Waals surface area contributed by atoms with Gasteiger partial charge in [-0.1, -0.05) is 22.9 Å². The summed E-state index contributed by atoms with van der Waals surface area (Å²) in [6.45, 7) is 2.21. The van der Waals surface area contributed by atoms with Gasteiger partial charge >= 0.3 is 0 Å². The van der Waals surface area contributed by atoms with Gasteiger partial charge in [0.05, 0.1) is 5.39 Å². The van der Waals surface area contributed by atoms with E-state index >= 15 is 0 Å².